The van der Waals surface area contributed by atoms with E-state index in [1.807, 2.05) is 27.7 Å². The van der Waals surface area contributed by atoms with Gasteiger partial charge in [0.25, 0.3) is 17.5 Å². The molecule has 170 valence electrons. The van der Waals surface area contributed by atoms with Crippen LogP contribution in [0.3, 0.4) is 0 Å². The van der Waals surface area contributed by atoms with Crippen LogP contribution in [0.15, 0.2) is 40.9 Å². The first-order valence-corrected chi connectivity index (χ1v) is 11.7. The number of carbonyl (C=O) groups is 2. The molecular weight excluding hydrogens is 436 g/mol. The molecule has 3 heterocycles. The normalized spacial score (nSPS) is 11.1. The van der Waals surface area contributed by atoms with Crippen molar-refractivity contribution in [1.29, 1.82) is 0 Å². The summed E-state index contributed by atoms with van der Waals surface area (Å²) in [5.74, 6) is -0.317. The Labute approximate surface area is 196 Å². The van der Waals surface area contributed by atoms with E-state index >= 15 is 0 Å². The molecular formula is C25H26N4O3S. The molecule has 1 N–H and O–H groups in total. The van der Waals surface area contributed by atoms with Crippen LogP contribution >= 0.6 is 11.3 Å². The second-order valence-electron chi connectivity index (χ2n) is 7.84. The van der Waals surface area contributed by atoms with Gasteiger partial charge in [0.2, 0.25) is 0 Å². The van der Waals surface area contributed by atoms with E-state index in [0.29, 0.717) is 52.4 Å². The fraction of sp³-hybridized carbons (Fsp3) is 0.280. The van der Waals surface area contributed by atoms with Crippen LogP contribution in [0.5, 0.6) is 0 Å². The van der Waals surface area contributed by atoms with Gasteiger partial charge < -0.3 is 14.7 Å². The second-order valence-corrected chi connectivity index (χ2v) is 9.30. The van der Waals surface area contributed by atoms with Crippen LogP contribution in [0.25, 0.3) is 22.4 Å². The third-order valence-electron chi connectivity index (χ3n) is 5.62. The maximum atomic E-state index is 13.3. The largest absolute Gasteiger partial charge is 0.339 e. The van der Waals surface area contributed by atoms with Crippen LogP contribution in [-0.2, 0) is 0 Å². The highest BCUT2D eigenvalue weighted by atomic mass is 32.1. The van der Waals surface area contributed by atoms with E-state index in [1.165, 1.54) is 4.88 Å². The van der Waals surface area contributed by atoms with Crippen molar-refractivity contribution in [3.8, 4) is 11.3 Å². The average Bonchev–Trinajstić information content (AvgIpc) is 3.35. The Kier molecular flexibility index (Phi) is 6.29. The molecule has 0 unspecified atom stereocenters. The van der Waals surface area contributed by atoms with Gasteiger partial charge in [0.05, 0.1) is 22.3 Å². The zero-order valence-electron chi connectivity index (χ0n) is 19.4. The molecule has 1 aromatic carbocycles. The maximum Gasteiger partial charge on any atom is 0.259 e. The van der Waals surface area contributed by atoms with Crippen LogP contribution < -0.4 is 5.32 Å². The molecule has 0 saturated carbocycles. The fourth-order valence-electron chi connectivity index (χ4n) is 3.88. The predicted molar refractivity (Wildman–Crippen MR) is 131 cm³/mol. The molecule has 0 fully saturated rings. The van der Waals surface area contributed by atoms with Crippen LogP contribution in [0, 0.1) is 20.8 Å². The van der Waals surface area contributed by atoms with Crippen molar-refractivity contribution < 1.29 is 14.1 Å². The van der Waals surface area contributed by atoms with E-state index in [-0.39, 0.29) is 11.8 Å². The SMILES string of the molecule is CCN(CC)C(=O)c1ccc(NC(=O)c2cc(-c3cc(C)sc3C)nc3onc(C)c23)cc1. The summed E-state index contributed by atoms with van der Waals surface area (Å²) >= 11 is 1.68. The van der Waals surface area contributed by atoms with Gasteiger partial charge in [-0.3, -0.25) is 9.59 Å². The summed E-state index contributed by atoms with van der Waals surface area (Å²) in [7, 11) is 0. The summed E-state index contributed by atoms with van der Waals surface area (Å²) in [5, 5.41) is 7.54. The van der Waals surface area contributed by atoms with Gasteiger partial charge in [-0.25, -0.2) is 4.98 Å². The van der Waals surface area contributed by atoms with Crippen LogP contribution in [0.4, 0.5) is 5.69 Å². The summed E-state index contributed by atoms with van der Waals surface area (Å²) < 4.78 is 5.40. The van der Waals surface area contributed by atoms with Gasteiger partial charge in [-0.15, -0.1) is 11.3 Å². The number of carbonyl (C=O) groups excluding carboxylic acids is 2. The highest BCUT2D eigenvalue weighted by Crippen LogP contribution is 2.33. The number of aromatic nitrogens is 2. The van der Waals surface area contributed by atoms with Gasteiger partial charge >= 0.3 is 0 Å². The Morgan fingerprint density at radius 3 is 2.36 bits per heavy atom. The number of pyridine rings is 1. The highest BCUT2D eigenvalue weighted by molar-refractivity contribution is 7.12. The minimum atomic E-state index is -0.289. The summed E-state index contributed by atoms with van der Waals surface area (Å²) in [6, 6.07) is 10.8. The van der Waals surface area contributed by atoms with E-state index in [1.54, 1.807) is 53.5 Å². The quantitative estimate of drug-likeness (QED) is 0.402. The van der Waals surface area contributed by atoms with E-state index in [9.17, 15) is 9.59 Å². The van der Waals surface area contributed by atoms with Crippen LogP contribution in [0.2, 0.25) is 0 Å². The average molecular weight is 463 g/mol. The van der Waals surface area contributed by atoms with E-state index < -0.39 is 0 Å². The first-order chi connectivity index (χ1) is 15.8. The first-order valence-electron chi connectivity index (χ1n) is 10.9. The molecule has 0 bridgehead atoms. The van der Waals surface area contributed by atoms with Crippen molar-refractivity contribution in [2.75, 3.05) is 18.4 Å². The summed E-state index contributed by atoms with van der Waals surface area (Å²) in [4.78, 5) is 34.5. The Bertz CT molecular complexity index is 1330. The second kappa shape index (κ2) is 9.15. The lowest BCUT2D eigenvalue weighted by Crippen LogP contribution is -2.30. The number of benzene rings is 1. The van der Waals surface area contributed by atoms with Crippen LogP contribution in [-0.4, -0.2) is 39.9 Å². The van der Waals surface area contributed by atoms with Gasteiger partial charge in [0.1, 0.15) is 0 Å². The zero-order valence-corrected chi connectivity index (χ0v) is 20.2. The van der Waals surface area contributed by atoms with Crippen molar-refractivity contribution in [2.24, 2.45) is 0 Å². The molecule has 0 saturated heterocycles. The van der Waals surface area contributed by atoms with Crippen molar-refractivity contribution >= 4 is 39.9 Å². The van der Waals surface area contributed by atoms with Crippen molar-refractivity contribution in [3.05, 3.63) is 63.0 Å². The van der Waals surface area contributed by atoms with E-state index in [4.69, 9.17) is 4.52 Å². The maximum absolute atomic E-state index is 13.3. The first kappa shape index (κ1) is 22.7. The molecule has 3 aromatic heterocycles. The number of fused-ring (bicyclic) bond motifs is 1. The molecule has 0 radical (unpaired) electrons. The third-order valence-corrected chi connectivity index (χ3v) is 6.58. The predicted octanol–water partition coefficient (Wildman–Crippen LogP) is 5.61. The third kappa shape index (κ3) is 4.39. The van der Waals surface area contributed by atoms with Crippen molar-refractivity contribution in [2.45, 2.75) is 34.6 Å². The zero-order chi connectivity index (χ0) is 23.7. The Morgan fingerprint density at radius 2 is 1.76 bits per heavy atom. The lowest BCUT2D eigenvalue weighted by atomic mass is 10.1. The number of nitrogens with zero attached hydrogens (tertiary/aromatic N) is 3. The number of hydrogen-bond donors (Lipinski definition) is 1. The topological polar surface area (TPSA) is 88.3 Å². The number of hydrogen-bond acceptors (Lipinski definition) is 6. The number of rotatable bonds is 6. The van der Waals surface area contributed by atoms with Crippen molar-refractivity contribution in [1.82, 2.24) is 15.0 Å². The van der Waals surface area contributed by atoms with Gasteiger partial charge in [0.15, 0.2) is 0 Å². The fourth-order valence-corrected chi connectivity index (χ4v) is 4.82. The molecule has 4 rings (SSSR count). The summed E-state index contributed by atoms with van der Waals surface area (Å²) in [6.07, 6.45) is 0. The molecule has 2 amide bonds. The summed E-state index contributed by atoms with van der Waals surface area (Å²) in [6.45, 7) is 11.1. The number of anilines is 1. The molecule has 33 heavy (non-hydrogen) atoms. The van der Waals surface area contributed by atoms with Crippen LogP contribution in [0.1, 0.15) is 50.0 Å². The summed E-state index contributed by atoms with van der Waals surface area (Å²) in [5.41, 5.74) is 4.21. The minimum absolute atomic E-state index is 0.0279. The van der Waals surface area contributed by atoms with Gasteiger partial charge in [-0.05, 0) is 71.0 Å². The van der Waals surface area contributed by atoms with Crippen molar-refractivity contribution in [3.63, 3.8) is 0 Å². The smallest absolute Gasteiger partial charge is 0.259 e. The Morgan fingerprint density at radius 1 is 1.06 bits per heavy atom. The Hall–Kier alpha value is -3.52. The van der Waals surface area contributed by atoms with Gasteiger partial charge in [0, 0.05) is 39.7 Å². The number of nitrogens with one attached hydrogen (secondary N) is 1. The standard InChI is InChI=1S/C25H26N4O3S/c1-6-29(7-2)25(31)17-8-10-18(11-9-17)26-23(30)20-13-21(19-12-14(3)33-16(19)5)27-24-22(20)15(4)28-32-24/h8-13H,6-7H2,1-5H3,(H,26,30). The molecule has 0 atom stereocenters. The highest BCUT2D eigenvalue weighted by Gasteiger charge is 2.21. The number of amides is 2. The molecule has 7 nitrogen and oxygen atoms in total. The lowest BCUT2D eigenvalue weighted by molar-refractivity contribution is 0.0773. The van der Waals surface area contributed by atoms with Gasteiger partial charge in [-0.2, -0.15) is 0 Å². The lowest BCUT2D eigenvalue weighted by Gasteiger charge is -2.18. The molecule has 0 aliphatic heterocycles. The molecule has 4 aromatic rings. The van der Waals surface area contributed by atoms with Gasteiger partial charge in [-0.1, -0.05) is 5.16 Å². The van der Waals surface area contributed by atoms with E-state index in [2.05, 4.69) is 21.5 Å². The minimum Gasteiger partial charge on any atom is -0.339 e. The molecule has 0 spiro atoms. The monoisotopic (exact) mass is 462 g/mol. The van der Waals surface area contributed by atoms with E-state index in [0.717, 1.165) is 10.4 Å². The molecule has 0 aliphatic carbocycles. The molecule has 8 heteroatoms. The number of thiophene rings is 1. The Balaban J connectivity index is 1.66. The molecule has 0 aliphatic rings. The number of aryl methyl sites for hydroxylation is 3.